The Bertz CT molecular complexity index is 781. The number of esters is 1. The summed E-state index contributed by atoms with van der Waals surface area (Å²) >= 11 is 0. The van der Waals surface area contributed by atoms with Gasteiger partial charge < -0.3 is 9.64 Å². The molecule has 2 rings (SSSR count). The second-order valence-electron chi connectivity index (χ2n) is 7.04. The molecule has 0 N–H and O–H groups in total. The molecule has 0 radical (unpaired) electrons. The first-order valence-electron chi connectivity index (χ1n) is 9.37. The fourth-order valence-corrected chi connectivity index (χ4v) is 3.04. The largest absolute Gasteiger partial charge is 0.455 e. The lowest BCUT2D eigenvalue weighted by Gasteiger charge is -2.20. The smallest absolute Gasteiger partial charge is 0.310 e. The number of anilines is 1. The number of benzene rings is 1. The number of aromatic nitrogens is 2. The molecule has 6 nitrogen and oxygen atoms in total. The van der Waals surface area contributed by atoms with Crippen LogP contribution in [-0.4, -0.2) is 34.8 Å². The molecule has 0 bridgehead atoms. The quantitative estimate of drug-likeness (QED) is 0.668. The van der Waals surface area contributed by atoms with Crippen LogP contribution in [0.25, 0.3) is 0 Å². The van der Waals surface area contributed by atoms with Gasteiger partial charge in [0.1, 0.15) is 0 Å². The van der Waals surface area contributed by atoms with Crippen molar-refractivity contribution in [1.82, 2.24) is 9.78 Å². The summed E-state index contributed by atoms with van der Waals surface area (Å²) in [7, 11) is 0. The van der Waals surface area contributed by atoms with E-state index in [2.05, 4.69) is 18.9 Å². The van der Waals surface area contributed by atoms with E-state index in [1.54, 1.807) is 4.90 Å². The third-order valence-corrected chi connectivity index (χ3v) is 4.43. The van der Waals surface area contributed by atoms with E-state index in [0.29, 0.717) is 12.5 Å². The molecule has 1 aromatic heterocycles. The number of hydrogen-bond donors (Lipinski definition) is 0. The van der Waals surface area contributed by atoms with Gasteiger partial charge >= 0.3 is 5.97 Å². The van der Waals surface area contributed by atoms with Crippen molar-refractivity contribution < 1.29 is 14.3 Å². The predicted molar refractivity (Wildman–Crippen MR) is 106 cm³/mol. The number of nitrogens with zero attached hydrogens (tertiary/aromatic N) is 3. The summed E-state index contributed by atoms with van der Waals surface area (Å²) in [4.78, 5) is 26.3. The van der Waals surface area contributed by atoms with E-state index in [1.807, 2.05) is 55.8 Å². The third-order valence-electron chi connectivity index (χ3n) is 4.43. The topological polar surface area (TPSA) is 64.4 Å². The fraction of sp³-hybridized carbons (Fsp3) is 0.476. The molecule has 0 saturated carbocycles. The van der Waals surface area contributed by atoms with Crippen LogP contribution in [0.3, 0.4) is 0 Å². The molecular weight excluding hydrogens is 342 g/mol. The molecule has 0 saturated heterocycles. The Kier molecular flexibility index (Phi) is 7.16. The number of amides is 1. The molecule has 0 fully saturated rings. The normalized spacial score (nSPS) is 10.9. The lowest BCUT2D eigenvalue weighted by molar-refractivity contribution is -0.147. The molecule has 0 aliphatic carbocycles. The highest BCUT2D eigenvalue weighted by Crippen LogP contribution is 2.16. The lowest BCUT2D eigenvalue weighted by Crippen LogP contribution is -2.34. The molecule has 1 heterocycles. The van der Waals surface area contributed by atoms with Gasteiger partial charge in [0.05, 0.1) is 12.1 Å². The number of aryl methyl sites for hydroxylation is 1. The first-order chi connectivity index (χ1) is 12.8. The average molecular weight is 371 g/mol. The number of likely N-dealkylation sites (N-methyl/N-ethyl adjacent to an activating group) is 1. The molecule has 1 amide bonds. The zero-order chi connectivity index (χ0) is 20.0. The number of carbonyl (C=O) groups excluding carboxylic acids is 2. The molecule has 0 aliphatic heterocycles. The van der Waals surface area contributed by atoms with E-state index in [-0.39, 0.29) is 18.9 Å². The summed E-state index contributed by atoms with van der Waals surface area (Å²) in [6.45, 7) is 11.1. The summed E-state index contributed by atoms with van der Waals surface area (Å²) in [6, 6.07) is 9.36. The maximum absolute atomic E-state index is 12.4. The van der Waals surface area contributed by atoms with Gasteiger partial charge in [-0.05, 0) is 38.8 Å². The molecule has 0 unspecified atom stereocenters. The maximum Gasteiger partial charge on any atom is 0.310 e. The van der Waals surface area contributed by atoms with Gasteiger partial charge in [-0.1, -0.05) is 32.0 Å². The third kappa shape index (κ3) is 5.42. The Hall–Kier alpha value is -2.63. The Balaban J connectivity index is 1.96. The van der Waals surface area contributed by atoms with Crippen molar-refractivity contribution in [2.45, 2.75) is 47.6 Å². The molecule has 0 spiro atoms. The van der Waals surface area contributed by atoms with Crippen LogP contribution in [0.5, 0.6) is 0 Å². The van der Waals surface area contributed by atoms with Crippen molar-refractivity contribution in [2.24, 2.45) is 5.92 Å². The van der Waals surface area contributed by atoms with Crippen LogP contribution in [0.1, 0.15) is 37.7 Å². The van der Waals surface area contributed by atoms with E-state index in [4.69, 9.17) is 4.74 Å². The van der Waals surface area contributed by atoms with Crippen LogP contribution in [0.4, 0.5) is 5.69 Å². The van der Waals surface area contributed by atoms with Crippen LogP contribution in [-0.2, 0) is 27.3 Å². The minimum atomic E-state index is -0.414. The van der Waals surface area contributed by atoms with Crippen molar-refractivity contribution in [3.05, 3.63) is 47.3 Å². The van der Waals surface area contributed by atoms with Crippen LogP contribution in [0, 0.1) is 19.8 Å². The van der Waals surface area contributed by atoms with Crippen molar-refractivity contribution >= 4 is 17.6 Å². The van der Waals surface area contributed by atoms with Crippen molar-refractivity contribution in [1.29, 1.82) is 0 Å². The van der Waals surface area contributed by atoms with Gasteiger partial charge in [0, 0.05) is 30.0 Å². The van der Waals surface area contributed by atoms with E-state index >= 15 is 0 Å². The second kappa shape index (κ2) is 9.35. The van der Waals surface area contributed by atoms with Crippen molar-refractivity contribution in [3.63, 3.8) is 0 Å². The van der Waals surface area contributed by atoms with Gasteiger partial charge in [-0.15, -0.1) is 0 Å². The van der Waals surface area contributed by atoms with Crippen LogP contribution in [0.15, 0.2) is 30.3 Å². The lowest BCUT2D eigenvalue weighted by atomic mass is 10.1. The number of ether oxygens (including phenoxy) is 1. The fourth-order valence-electron chi connectivity index (χ4n) is 3.04. The summed E-state index contributed by atoms with van der Waals surface area (Å²) < 4.78 is 7.18. The molecule has 2 aromatic rings. The van der Waals surface area contributed by atoms with Crippen LogP contribution >= 0.6 is 0 Å². The first kappa shape index (κ1) is 20.7. The Morgan fingerprint density at radius 2 is 1.85 bits per heavy atom. The monoisotopic (exact) mass is 371 g/mol. The highest BCUT2D eigenvalue weighted by Gasteiger charge is 2.19. The molecule has 0 aliphatic rings. The van der Waals surface area contributed by atoms with Gasteiger partial charge in [-0.25, -0.2) is 0 Å². The number of hydrogen-bond acceptors (Lipinski definition) is 4. The summed E-state index contributed by atoms with van der Waals surface area (Å²) in [5.74, 6) is -0.179. The van der Waals surface area contributed by atoms with Gasteiger partial charge in [-0.2, -0.15) is 5.10 Å². The highest BCUT2D eigenvalue weighted by molar-refractivity contribution is 5.95. The zero-order valence-electron chi connectivity index (χ0n) is 16.9. The Morgan fingerprint density at radius 3 is 2.44 bits per heavy atom. The molecule has 146 valence electrons. The van der Waals surface area contributed by atoms with Gasteiger partial charge in [0.2, 0.25) is 0 Å². The highest BCUT2D eigenvalue weighted by atomic mass is 16.5. The van der Waals surface area contributed by atoms with Crippen molar-refractivity contribution in [2.75, 3.05) is 18.1 Å². The van der Waals surface area contributed by atoms with E-state index in [0.717, 1.165) is 29.2 Å². The number of para-hydroxylation sites is 1. The second-order valence-corrected chi connectivity index (χ2v) is 7.04. The van der Waals surface area contributed by atoms with Crippen molar-refractivity contribution in [3.8, 4) is 0 Å². The SMILES string of the molecule is CCN(C(=O)COC(=O)Cc1c(C)nn(CC(C)C)c1C)c1ccccc1. The standard InChI is InChI=1S/C21H29N3O3/c1-6-23(18-10-8-7-9-11-18)20(25)14-27-21(26)12-19-16(4)22-24(17(19)5)13-15(2)3/h7-11,15H,6,12-14H2,1-5H3. The molecule has 27 heavy (non-hydrogen) atoms. The summed E-state index contributed by atoms with van der Waals surface area (Å²) in [5.41, 5.74) is 3.48. The zero-order valence-corrected chi connectivity index (χ0v) is 16.9. The molecule has 6 heteroatoms. The van der Waals surface area contributed by atoms with E-state index in [1.165, 1.54) is 0 Å². The molecular formula is C21H29N3O3. The minimum Gasteiger partial charge on any atom is -0.455 e. The van der Waals surface area contributed by atoms with E-state index < -0.39 is 5.97 Å². The van der Waals surface area contributed by atoms with Crippen LogP contribution in [0.2, 0.25) is 0 Å². The maximum atomic E-state index is 12.4. The van der Waals surface area contributed by atoms with Crippen LogP contribution < -0.4 is 4.90 Å². The average Bonchev–Trinajstić information content (AvgIpc) is 2.88. The number of carbonyl (C=O) groups is 2. The minimum absolute atomic E-state index is 0.125. The number of rotatable bonds is 8. The summed E-state index contributed by atoms with van der Waals surface area (Å²) in [6.07, 6.45) is 0.125. The molecule has 0 atom stereocenters. The van der Waals surface area contributed by atoms with Gasteiger partial charge in [-0.3, -0.25) is 14.3 Å². The molecule has 1 aromatic carbocycles. The van der Waals surface area contributed by atoms with Gasteiger partial charge in [0.25, 0.3) is 5.91 Å². The Labute approximate surface area is 161 Å². The van der Waals surface area contributed by atoms with Gasteiger partial charge in [0.15, 0.2) is 6.61 Å². The first-order valence-corrected chi connectivity index (χ1v) is 9.37. The predicted octanol–water partition coefficient (Wildman–Crippen LogP) is 3.29. The summed E-state index contributed by atoms with van der Waals surface area (Å²) in [5, 5.41) is 4.51. The Morgan fingerprint density at radius 1 is 1.19 bits per heavy atom. The van der Waals surface area contributed by atoms with E-state index in [9.17, 15) is 9.59 Å².